The van der Waals surface area contributed by atoms with Gasteiger partial charge in [0.05, 0.1) is 12.1 Å². The molecule has 0 aromatic carbocycles. The first-order chi connectivity index (χ1) is 9.41. The van der Waals surface area contributed by atoms with E-state index in [1.165, 1.54) is 4.90 Å². The first-order valence-electron chi connectivity index (χ1n) is 6.50. The van der Waals surface area contributed by atoms with Gasteiger partial charge in [-0.15, -0.1) is 0 Å². The number of H-pyrrole nitrogens is 1. The standard InChI is InChI=1S/C13H17N3O4/c1-7-8(2)14-15-12(19)11(7)13(20)16-5-3-4-9(16)6-10(17)18/h9H,3-6H2,1-2H3,(H,15,19)(H,17,18). The normalized spacial score (nSPS) is 18.3. The van der Waals surface area contributed by atoms with Gasteiger partial charge in [0.2, 0.25) is 0 Å². The predicted octanol–water partition coefficient (Wildman–Crippen LogP) is 0.466. The number of rotatable bonds is 3. The topological polar surface area (TPSA) is 103 Å². The van der Waals surface area contributed by atoms with Crippen molar-refractivity contribution in [3.8, 4) is 0 Å². The number of carboxylic acid groups (broad SMARTS) is 1. The highest BCUT2D eigenvalue weighted by Crippen LogP contribution is 2.22. The molecule has 0 aliphatic carbocycles. The summed E-state index contributed by atoms with van der Waals surface area (Å²) in [6.07, 6.45) is 1.32. The average Bonchev–Trinajstić information content (AvgIpc) is 2.81. The maximum absolute atomic E-state index is 12.5. The van der Waals surface area contributed by atoms with Crippen LogP contribution in [0.15, 0.2) is 4.79 Å². The van der Waals surface area contributed by atoms with Gasteiger partial charge in [0.25, 0.3) is 11.5 Å². The van der Waals surface area contributed by atoms with Gasteiger partial charge in [-0.25, -0.2) is 5.10 Å². The number of carboxylic acids is 1. The fourth-order valence-corrected chi connectivity index (χ4v) is 2.54. The second-order valence-electron chi connectivity index (χ2n) is 5.03. The zero-order chi connectivity index (χ0) is 14.9. The lowest BCUT2D eigenvalue weighted by Gasteiger charge is -2.23. The second-order valence-corrected chi connectivity index (χ2v) is 5.03. The minimum Gasteiger partial charge on any atom is -0.481 e. The molecule has 1 unspecified atom stereocenters. The molecule has 1 amide bonds. The minimum absolute atomic E-state index is 0.0646. The number of carbonyl (C=O) groups excluding carboxylic acids is 1. The van der Waals surface area contributed by atoms with E-state index in [9.17, 15) is 14.4 Å². The molecular weight excluding hydrogens is 262 g/mol. The number of likely N-dealkylation sites (tertiary alicyclic amines) is 1. The molecule has 0 saturated carbocycles. The van der Waals surface area contributed by atoms with Gasteiger partial charge in [-0.05, 0) is 32.3 Å². The molecule has 0 bridgehead atoms. The Bertz CT molecular complexity index is 608. The van der Waals surface area contributed by atoms with Crippen LogP contribution < -0.4 is 5.56 Å². The number of aryl methyl sites for hydroxylation is 1. The molecule has 1 saturated heterocycles. The van der Waals surface area contributed by atoms with Crippen molar-refractivity contribution in [3.63, 3.8) is 0 Å². The quantitative estimate of drug-likeness (QED) is 0.837. The van der Waals surface area contributed by atoms with Gasteiger partial charge < -0.3 is 10.0 Å². The Hall–Kier alpha value is -2.18. The third-order valence-corrected chi connectivity index (χ3v) is 3.73. The summed E-state index contributed by atoms with van der Waals surface area (Å²) < 4.78 is 0. The van der Waals surface area contributed by atoms with Crippen LogP contribution in [0.2, 0.25) is 0 Å². The Morgan fingerprint density at radius 2 is 2.15 bits per heavy atom. The Kier molecular flexibility index (Phi) is 3.87. The molecule has 20 heavy (non-hydrogen) atoms. The lowest BCUT2D eigenvalue weighted by Crippen LogP contribution is -2.40. The molecule has 1 aromatic heterocycles. The molecular formula is C13H17N3O4. The molecule has 2 heterocycles. The third kappa shape index (κ3) is 2.56. The van der Waals surface area contributed by atoms with Crippen LogP contribution in [0.25, 0.3) is 0 Å². The molecule has 2 N–H and O–H groups in total. The van der Waals surface area contributed by atoms with E-state index in [4.69, 9.17) is 5.11 Å². The SMILES string of the molecule is Cc1n[nH]c(=O)c(C(=O)N2CCCC2CC(=O)O)c1C. The van der Waals surface area contributed by atoms with E-state index in [1.807, 2.05) is 0 Å². The van der Waals surface area contributed by atoms with Crippen LogP contribution in [-0.2, 0) is 4.79 Å². The Morgan fingerprint density at radius 1 is 1.45 bits per heavy atom. The van der Waals surface area contributed by atoms with Crippen molar-refractivity contribution in [2.24, 2.45) is 0 Å². The number of aromatic nitrogens is 2. The smallest absolute Gasteiger partial charge is 0.305 e. The minimum atomic E-state index is -0.939. The summed E-state index contributed by atoms with van der Waals surface area (Å²) in [7, 11) is 0. The van der Waals surface area contributed by atoms with Crippen molar-refractivity contribution in [2.45, 2.75) is 39.2 Å². The fraction of sp³-hybridized carbons (Fsp3) is 0.538. The zero-order valence-corrected chi connectivity index (χ0v) is 11.5. The number of carbonyl (C=O) groups is 2. The van der Waals surface area contributed by atoms with Gasteiger partial charge in [0.1, 0.15) is 5.56 Å². The largest absolute Gasteiger partial charge is 0.481 e. The van der Waals surface area contributed by atoms with Crippen molar-refractivity contribution in [2.75, 3.05) is 6.54 Å². The molecule has 1 aliphatic heterocycles. The van der Waals surface area contributed by atoms with Crippen LogP contribution in [-0.4, -0.2) is 44.7 Å². The number of hydrogen-bond acceptors (Lipinski definition) is 4. The second kappa shape index (κ2) is 5.44. The number of hydrogen-bond donors (Lipinski definition) is 2. The van der Waals surface area contributed by atoms with Gasteiger partial charge in [-0.2, -0.15) is 5.10 Å². The zero-order valence-electron chi connectivity index (χ0n) is 11.5. The predicted molar refractivity (Wildman–Crippen MR) is 70.6 cm³/mol. The molecule has 1 atom stereocenters. The average molecular weight is 279 g/mol. The number of aliphatic carboxylic acids is 1. The first kappa shape index (κ1) is 14.2. The Morgan fingerprint density at radius 3 is 2.80 bits per heavy atom. The van der Waals surface area contributed by atoms with E-state index in [-0.39, 0.29) is 18.0 Å². The van der Waals surface area contributed by atoms with E-state index < -0.39 is 17.4 Å². The highest BCUT2D eigenvalue weighted by atomic mass is 16.4. The van der Waals surface area contributed by atoms with Gasteiger partial charge in [-0.3, -0.25) is 14.4 Å². The molecule has 7 heteroatoms. The van der Waals surface area contributed by atoms with Gasteiger partial charge in [-0.1, -0.05) is 0 Å². The Labute approximate surface area is 115 Å². The van der Waals surface area contributed by atoms with E-state index in [2.05, 4.69) is 10.2 Å². The van der Waals surface area contributed by atoms with Gasteiger partial charge in [0.15, 0.2) is 0 Å². The maximum Gasteiger partial charge on any atom is 0.305 e. The van der Waals surface area contributed by atoms with Crippen molar-refractivity contribution >= 4 is 11.9 Å². The Balaban J connectivity index is 2.34. The van der Waals surface area contributed by atoms with Gasteiger partial charge >= 0.3 is 5.97 Å². The number of nitrogens with zero attached hydrogens (tertiary/aromatic N) is 2. The summed E-state index contributed by atoms with van der Waals surface area (Å²) in [6, 6.07) is -0.340. The molecule has 0 spiro atoms. The molecule has 0 radical (unpaired) electrons. The van der Waals surface area contributed by atoms with E-state index in [1.54, 1.807) is 13.8 Å². The van der Waals surface area contributed by atoms with Crippen molar-refractivity contribution < 1.29 is 14.7 Å². The lowest BCUT2D eigenvalue weighted by molar-refractivity contribution is -0.137. The van der Waals surface area contributed by atoms with Crippen LogP contribution in [0.3, 0.4) is 0 Å². The number of amides is 1. The fourth-order valence-electron chi connectivity index (χ4n) is 2.54. The summed E-state index contributed by atoms with van der Waals surface area (Å²) in [5, 5.41) is 15.0. The number of nitrogens with one attached hydrogen (secondary N) is 1. The molecule has 1 fully saturated rings. The summed E-state index contributed by atoms with van der Waals surface area (Å²) >= 11 is 0. The van der Waals surface area contributed by atoms with Crippen LogP contribution in [0.1, 0.15) is 40.9 Å². The van der Waals surface area contributed by atoms with Crippen LogP contribution >= 0.6 is 0 Å². The summed E-state index contributed by atoms with van der Waals surface area (Å²) in [5.41, 5.74) is 0.663. The summed E-state index contributed by atoms with van der Waals surface area (Å²) in [6.45, 7) is 3.87. The highest BCUT2D eigenvalue weighted by molar-refractivity contribution is 5.96. The molecule has 1 aromatic rings. The molecule has 108 valence electrons. The lowest BCUT2D eigenvalue weighted by atomic mass is 10.1. The molecule has 7 nitrogen and oxygen atoms in total. The van der Waals surface area contributed by atoms with Crippen molar-refractivity contribution in [3.05, 3.63) is 27.2 Å². The van der Waals surface area contributed by atoms with Crippen LogP contribution in [0.4, 0.5) is 0 Å². The van der Waals surface area contributed by atoms with Crippen molar-refractivity contribution in [1.82, 2.24) is 15.1 Å². The van der Waals surface area contributed by atoms with Crippen LogP contribution in [0, 0.1) is 13.8 Å². The summed E-state index contributed by atoms with van der Waals surface area (Å²) in [4.78, 5) is 36.7. The molecule has 2 rings (SSSR count). The third-order valence-electron chi connectivity index (χ3n) is 3.73. The highest BCUT2D eigenvalue weighted by Gasteiger charge is 2.33. The molecule has 1 aliphatic rings. The van der Waals surface area contributed by atoms with Crippen molar-refractivity contribution in [1.29, 1.82) is 0 Å². The summed E-state index contributed by atoms with van der Waals surface area (Å²) in [5.74, 6) is -1.34. The monoisotopic (exact) mass is 279 g/mol. The van der Waals surface area contributed by atoms with E-state index >= 15 is 0 Å². The maximum atomic E-state index is 12.5. The van der Waals surface area contributed by atoms with E-state index in [0.717, 1.165) is 6.42 Å². The van der Waals surface area contributed by atoms with Crippen LogP contribution in [0.5, 0.6) is 0 Å². The number of aromatic amines is 1. The first-order valence-corrected chi connectivity index (χ1v) is 6.50. The van der Waals surface area contributed by atoms with Gasteiger partial charge in [0, 0.05) is 12.6 Å². The van der Waals surface area contributed by atoms with E-state index in [0.29, 0.717) is 24.2 Å².